The number of aromatic nitrogens is 5. The van der Waals surface area contributed by atoms with Gasteiger partial charge in [0.15, 0.2) is 11.3 Å². The number of rotatable bonds is 6. The van der Waals surface area contributed by atoms with Crippen LogP contribution in [0.4, 0.5) is 20.3 Å². The summed E-state index contributed by atoms with van der Waals surface area (Å²) in [6, 6.07) is 2.73. The Kier molecular flexibility index (Phi) is 6.08. The molecule has 1 saturated carbocycles. The van der Waals surface area contributed by atoms with Crippen LogP contribution in [0.25, 0.3) is 5.65 Å². The third-order valence-corrected chi connectivity index (χ3v) is 7.80. The standard InChI is InChI=1S/C24H30F2N8O2/c25-22(26)21-19(12-34(31-21)17-5-1-14(13-35)2-6-17)29-24(36)18-9-27-33-8-7-20(30-23(18)33)32-10-15-3-4-16(11-32)28-15/h7-9,12,14-17,22,28,35H,1-6,10-11,13H2,(H,29,36). The molecule has 0 radical (unpaired) electrons. The van der Waals surface area contributed by atoms with Gasteiger partial charge in [-0.25, -0.2) is 18.3 Å². The summed E-state index contributed by atoms with van der Waals surface area (Å²) in [5.41, 5.74) is 0.137. The summed E-state index contributed by atoms with van der Waals surface area (Å²) in [6.07, 6.45) is 7.26. The molecule has 192 valence electrons. The van der Waals surface area contributed by atoms with Gasteiger partial charge in [-0.05, 0) is 50.5 Å². The molecule has 2 bridgehead atoms. The van der Waals surface area contributed by atoms with Crippen molar-refractivity contribution in [3.8, 4) is 0 Å². The molecular formula is C24H30F2N8O2. The minimum absolute atomic E-state index is 0.00605. The highest BCUT2D eigenvalue weighted by molar-refractivity contribution is 6.08. The summed E-state index contributed by atoms with van der Waals surface area (Å²) in [6.45, 7) is 1.85. The number of carbonyl (C=O) groups excluding carboxylic acids is 1. The Morgan fingerprint density at radius 2 is 1.92 bits per heavy atom. The van der Waals surface area contributed by atoms with Gasteiger partial charge in [0.1, 0.15) is 11.4 Å². The first-order valence-corrected chi connectivity index (χ1v) is 12.6. The topological polar surface area (TPSA) is 113 Å². The SMILES string of the molecule is O=C(Nc1cn(C2CCC(CO)CC2)nc1C(F)F)c1cnn2ccc(N3CC4CCC(C3)N4)nc12. The van der Waals surface area contributed by atoms with Gasteiger partial charge in [0.25, 0.3) is 12.3 Å². The number of anilines is 2. The van der Waals surface area contributed by atoms with Crippen LogP contribution in [0.3, 0.4) is 0 Å². The monoisotopic (exact) mass is 500 g/mol. The van der Waals surface area contributed by atoms with E-state index in [2.05, 4.69) is 25.7 Å². The number of fused-ring (bicyclic) bond motifs is 3. The Morgan fingerprint density at radius 1 is 1.17 bits per heavy atom. The Bertz CT molecular complexity index is 1240. The number of halogens is 2. The van der Waals surface area contributed by atoms with E-state index in [4.69, 9.17) is 4.98 Å². The number of hydrogen-bond acceptors (Lipinski definition) is 7. The second-order valence-corrected chi connectivity index (χ2v) is 10.2. The number of aliphatic hydroxyl groups excluding tert-OH is 1. The van der Waals surface area contributed by atoms with Gasteiger partial charge >= 0.3 is 0 Å². The van der Waals surface area contributed by atoms with E-state index in [-0.39, 0.29) is 29.8 Å². The predicted molar refractivity (Wildman–Crippen MR) is 128 cm³/mol. The van der Waals surface area contributed by atoms with Crippen molar-refractivity contribution < 1.29 is 18.7 Å². The normalized spacial score (nSPS) is 26.2. The van der Waals surface area contributed by atoms with Crippen molar-refractivity contribution in [1.82, 2.24) is 29.7 Å². The Morgan fingerprint density at radius 3 is 2.61 bits per heavy atom. The van der Waals surface area contributed by atoms with Crippen LogP contribution in [0.5, 0.6) is 0 Å². The number of piperazine rings is 1. The molecular weight excluding hydrogens is 470 g/mol. The number of nitrogens with zero attached hydrogens (tertiary/aromatic N) is 6. The quantitative estimate of drug-likeness (QED) is 0.477. The minimum Gasteiger partial charge on any atom is -0.396 e. The average Bonchev–Trinajstić information content (AvgIpc) is 3.60. The molecule has 2 unspecified atom stereocenters. The fourth-order valence-corrected chi connectivity index (χ4v) is 5.81. The molecule has 2 atom stereocenters. The zero-order valence-electron chi connectivity index (χ0n) is 19.9. The molecule has 0 aromatic carbocycles. The summed E-state index contributed by atoms with van der Waals surface area (Å²) in [5.74, 6) is 0.463. The van der Waals surface area contributed by atoms with Crippen LogP contribution in [-0.2, 0) is 0 Å². The molecule has 2 aliphatic heterocycles. The first-order valence-electron chi connectivity index (χ1n) is 12.6. The van der Waals surface area contributed by atoms with Gasteiger partial charge in [0, 0.05) is 44.2 Å². The lowest BCUT2D eigenvalue weighted by atomic mass is 9.87. The van der Waals surface area contributed by atoms with Crippen LogP contribution in [0, 0.1) is 5.92 Å². The van der Waals surface area contributed by atoms with Crippen molar-refractivity contribution in [3.05, 3.63) is 35.9 Å². The Hall–Kier alpha value is -3.12. The number of carbonyl (C=O) groups is 1. The third kappa shape index (κ3) is 4.32. The molecule has 3 aromatic rings. The van der Waals surface area contributed by atoms with Crippen LogP contribution in [0.1, 0.15) is 67.0 Å². The fraction of sp³-hybridized carbons (Fsp3) is 0.583. The summed E-state index contributed by atoms with van der Waals surface area (Å²) < 4.78 is 30.7. The van der Waals surface area contributed by atoms with Gasteiger partial charge < -0.3 is 20.6 Å². The van der Waals surface area contributed by atoms with Crippen LogP contribution in [-0.4, -0.2) is 67.2 Å². The second kappa shape index (κ2) is 9.40. The van der Waals surface area contributed by atoms with E-state index in [1.165, 1.54) is 21.6 Å². The molecule has 3 aromatic heterocycles. The highest BCUT2D eigenvalue weighted by Crippen LogP contribution is 2.35. The van der Waals surface area contributed by atoms with E-state index in [1.807, 2.05) is 6.07 Å². The van der Waals surface area contributed by atoms with Gasteiger partial charge in [-0.1, -0.05) is 0 Å². The van der Waals surface area contributed by atoms with E-state index >= 15 is 0 Å². The maximum Gasteiger partial charge on any atom is 0.284 e. The molecule has 10 nitrogen and oxygen atoms in total. The lowest BCUT2D eigenvalue weighted by molar-refractivity contribution is 0.102. The number of hydrogen-bond donors (Lipinski definition) is 3. The number of aliphatic hydroxyl groups is 1. The maximum atomic E-state index is 13.8. The van der Waals surface area contributed by atoms with Crippen molar-refractivity contribution in [2.24, 2.45) is 5.92 Å². The van der Waals surface area contributed by atoms with E-state index in [9.17, 15) is 18.7 Å². The van der Waals surface area contributed by atoms with Crippen LogP contribution >= 0.6 is 0 Å². The molecule has 36 heavy (non-hydrogen) atoms. The number of nitrogens with one attached hydrogen (secondary N) is 2. The lowest BCUT2D eigenvalue weighted by Crippen LogP contribution is -2.51. The zero-order chi connectivity index (χ0) is 24.8. The van der Waals surface area contributed by atoms with Gasteiger partial charge in [-0.2, -0.15) is 10.2 Å². The number of amides is 1. The molecule has 1 amide bonds. The maximum absolute atomic E-state index is 13.8. The first-order chi connectivity index (χ1) is 17.5. The second-order valence-electron chi connectivity index (χ2n) is 10.2. The summed E-state index contributed by atoms with van der Waals surface area (Å²) in [4.78, 5) is 20.1. The van der Waals surface area contributed by atoms with Crippen LogP contribution in [0.15, 0.2) is 24.7 Å². The molecule has 3 fully saturated rings. The van der Waals surface area contributed by atoms with Gasteiger partial charge in [-0.3, -0.25) is 9.48 Å². The highest BCUT2D eigenvalue weighted by atomic mass is 19.3. The van der Waals surface area contributed by atoms with E-state index < -0.39 is 18.0 Å². The van der Waals surface area contributed by atoms with Gasteiger partial charge in [0.2, 0.25) is 0 Å². The smallest absolute Gasteiger partial charge is 0.284 e. The molecule has 2 saturated heterocycles. The minimum atomic E-state index is -2.83. The first kappa shape index (κ1) is 23.3. The van der Waals surface area contributed by atoms with Crippen molar-refractivity contribution in [2.75, 3.05) is 29.9 Å². The molecule has 3 aliphatic rings. The van der Waals surface area contributed by atoms with Crippen molar-refractivity contribution in [1.29, 1.82) is 0 Å². The summed E-state index contributed by atoms with van der Waals surface area (Å²) in [7, 11) is 0. The van der Waals surface area contributed by atoms with Crippen LogP contribution in [0.2, 0.25) is 0 Å². The summed E-state index contributed by atoms with van der Waals surface area (Å²) in [5, 5.41) is 23.9. The van der Waals surface area contributed by atoms with Gasteiger partial charge in [-0.15, -0.1) is 0 Å². The average molecular weight is 501 g/mol. The lowest BCUT2D eigenvalue weighted by Gasteiger charge is -2.33. The molecule has 1 aliphatic carbocycles. The fourth-order valence-electron chi connectivity index (χ4n) is 5.81. The van der Waals surface area contributed by atoms with E-state index in [0.717, 1.165) is 57.4 Å². The molecule has 5 heterocycles. The van der Waals surface area contributed by atoms with Crippen molar-refractivity contribution >= 4 is 23.1 Å². The summed E-state index contributed by atoms with van der Waals surface area (Å²) >= 11 is 0. The highest BCUT2D eigenvalue weighted by Gasteiger charge is 2.33. The molecule has 3 N–H and O–H groups in total. The molecule has 0 spiro atoms. The van der Waals surface area contributed by atoms with E-state index in [0.29, 0.717) is 17.7 Å². The zero-order valence-corrected chi connectivity index (χ0v) is 19.9. The Balaban J connectivity index is 1.23. The third-order valence-electron chi connectivity index (χ3n) is 7.80. The molecule has 6 rings (SSSR count). The van der Waals surface area contributed by atoms with Gasteiger partial charge in [0.05, 0.1) is 17.9 Å². The molecule has 12 heteroatoms. The Labute approximate surface area is 206 Å². The van der Waals surface area contributed by atoms with E-state index in [1.54, 1.807) is 6.20 Å². The van der Waals surface area contributed by atoms with Crippen molar-refractivity contribution in [2.45, 2.75) is 63.1 Å². The number of alkyl halides is 2. The van der Waals surface area contributed by atoms with Crippen molar-refractivity contribution in [3.63, 3.8) is 0 Å². The predicted octanol–water partition coefficient (Wildman–Crippen LogP) is 2.78. The van der Waals surface area contributed by atoms with Crippen LogP contribution < -0.4 is 15.5 Å². The largest absolute Gasteiger partial charge is 0.396 e.